The fraction of sp³-hybridized carbons (Fsp3) is 0.250. The summed E-state index contributed by atoms with van der Waals surface area (Å²) in [7, 11) is 1.70. The topological polar surface area (TPSA) is 9.23 Å². The number of hydrogen-bond donors (Lipinski definition) is 0. The van der Waals surface area contributed by atoms with Crippen molar-refractivity contribution in [1.29, 1.82) is 0 Å². The van der Waals surface area contributed by atoms with E-state index in [9.17, 15) is 0 Å². The third kappa shape index (κ3) is 2.55. The van der Waals surface area contributed by atoms with Crippen LogP contribution < -0.4 is 8.43 Å². The highest BCUT2D eigenvalue weighted by atomic mass is 79.9. The summed E-state index contributed by atoms with van der Waals surface area (Å²) in [5.74, 6) is 0.943. The maximum Gasteiger partial charge on any atom is 0.508 e. The molecule has 1 rings (SSSR count). The predicted octanol–water partition coefficient (Wildman–Crippen LogP) is 2.06. The van der Waals surface area contributed by atoms with Gasteiger partial charge in [0.1, 0.15) is 5.75 Å². The van der Waals surface area contributed by atoms with E-state index in [1.807, 2.05) is 6.07 Å². The first-order valence-electron chi connectivity index (χ1n) is 3.58. The number of rotatable bonds is 3. The third-order valence-corrected chi connectivity index (χ3v) is 5.43. The van der Waals surface area contributed by atoms with Gasteiger partial charge in [0.15, 0.2) is 0 Å². The Morgan fingerprint density at radius 1 is 1.50 bits per heavy atom. The molecule has 4 heteroatoms. The van der Waals surface area contributed by atoms with E-state index in [0.717, 1.165) is 5.75 Å². The summed E-state index contributed by atoms with van der Waals surface area (Å²) < 4.78 is 6.59. The quantitative estimate of drug-likeness (QED) is 0.605. The van der Waals surface area contributed by atoms with E-state index in [4.69, 9.17) is 4.74 Å². The van der Waals surface area contributed by atoms with Crippen LogP contribution in [0.25, 0.3) is 0 Å². The summed E-state index contributed by atoms with van der Waals surface area (Å²) in [5, 5.41) is 0. The molecule has 0 saturated carbocycles. The Balaban J connectivity index is 3.02. The molecule has 0 heterocycles. The highest BCUT2D eigenvalue weighted by molar-refractivity contribution is 9.23. The molecule has 0 aliphatic heterocycles. The first-order valence-corrected chi connectivity index (χ1v) is 9.41. The smallest absolute Gasteiger partial charge is 0.497 e. The second-order valence-corrected chi connectivity index (χ2v) is 5.87. The van der Waals surface area contributed by atoms with Gasteiger partial charge in [0.05, 0.1) is 7.11 Å². The van der Waals surface area contributed by atoms with Crippen LogP contribution in [0.15, 0.2) is 23.1 Å². The van der Waals surface area contributed by atoms with E-state index >= 15 is 0 Å². The van der Waals surface area contributed by atoms with Crippen molar-refractivity contribution in [2.75, 3.05) is 13.4 Å². The van der Waals surface area contributed by atoms with Gasteiger partial charge in [-0.05, 0) is 23.3 Å². The van der Waals surface area contributed by atoms with Crippen LogP contribution in [0.4, 0.5) is 0 Å². The summed E-state index contributed by atoms with van der Waals surface area (Å²) in [4.78, 5) is 1.33. The Morgan fingerprint density at radius 3 is 2.75 bits per heavy atom. The zero-order chi connectivity index (χ0) is 8.97. The normalized spacial score (nSPS) is 9.25. The lowest BCUT2D eigenvalue weighted by atomic mass is 10.3. The van der Waals surface area contributed by atoms with Crippen LogP contribution in [0.3, 0.4) is 0 Å². The number of benzene rings is 1. The van der Waals surface area contributed by atoms with E-state index in [0.29, 0.717) is 0 Å². The molecule has 0 fully saturated rings. The summed E-state index contributed by atoms with van der Waals surface area (Å²) in [6.45, 7) is 0. The fourth-order valence-corrected chi connectivity index (χ4v) is 4.64. The van der Waals surface area contributed by atoms with Crippen molar-refractivity contribution >= 4 is 46.5 Å². The lowest BCUT2D eigenvalue weighted by Crippen LogP contribution is -2.10. The molecule has 0 spiro atoms. The average Bonchev–Trinajstić information content (AvgIpc) is 2.16. The molecule has 0 aliphatic rings. The molecule has 0 unspecified atom stereocenters. The van der Waals surface area contributed by atoms with Crippen molar-refractivity contribution in [2.24, 2.45) is 0 Å². The van der Waals surface area contributed by atoms with Crippen molar-refractivity contribution in [3.05, 3.63) is 18.2 Å². The Hall–Kier alpha value is 0.616. The van der Waals surface area contributed by atoms with Gasteiger partial charge in [0, 0.05) is 0 Å². The highest BCUT2D eigenvalue weighted by Crippen LogP contribution is 2.18. The zero-order valence-electron chi connectivity index (χ0n) is 7.13. The molecule has 0 atom stereocenters. The standard InChI is InChI=1S/C8H9OS.BrH.Mg/c1-9-7-4-3-5-8(6-7)10-2;;/h3-4,6H,1-2H3;1H;/q;;+1/p-1. The summed E-state index contributed by atoms with van der Waals surface area (Å²) in [6.07, 6.45) is 2.09. The van der Waals surface area contributed by atoms with Crippen LogP contribution in [0.5, 0.6) is 5.75 Å². The van der Waals surface area contributed by atoms with Crippen LogP contribution in [0.1, 0.15) is 0 Å². The zero-order valence-corrected chi connectivity index (χ0v) is 11.0. The minimum Gasteiger partial charge on any atom is -0.497 e. The molecule has 0 N–H and O–H groups in total. The van der Waals surface area contributed by atoms with Crippen molar-refractivity contribution < 1.29 is 4.74 Å². The van der Waals surface area contributed by atoms with E-state index in [-0.39, 0.29) is 18.2 Å². The van der Waals surface area contributed by atoms with Gasteiger partial charge in [0.25, 0.3) is 0 Å². The Kier molecular flexibility index (Phi) is 4.78. The Bertz CT molecular complexity index is 267. The molecular weight excluding hydrogens is 248 g/mol. The minimum absolute atomic E-state index is 0.236. The van der Waals surface area contributed by atoms with Gasteiger partial charge in [-0.25, -0.2) is 0 Å². The molecular formula is C8H9BrMgOS. The van der Waals surface area contributed by atoms with Crippen molar-refractivity contribution in [2.45, 2.75) is 4.90 Å². The number of thioether (sulfide) groups is 1. The molecule has 1 nitrogen and oxygen atoms in total. The first-order chi connectivity index (χ1) is 5.81. The largest absolute Gasteiger partial charge is 0.508 e. The summed E-state index contributed by atoms with van der Waals surface area (Å²) in [6, 6.07) is 6.25. The summed E-state index contributed by atoms with van der Waals surface area (Å²) >= 11 is 5.12. The third-order valence-electron chi connectivity index (χ3n) is 1.64. The van der Waals surface area contributed by atoms with Crippen LogP contribution in [0, 0.1) is 0 Å². The molecule has 0 radical (unpaired) electrons. The van der Waals surface area contributed by atoms with Gasteiger partial charge in [0.2, 0.25) is 0 Å². The molecule has 0 saturated heterocycles. The number of hydrogen-bond acceptors (Lipinski definition) is 2. The Morgan fingerprint density at radius 2 is 2.25 bits per heavy atom. The van der Waals surface area contributed by atoms with Gasteiger partial charge >= 0.3 is 18.2 Å². The molecule has 0 aliphatic carbocycles. The van der Waals surface area contributed by atoms with Gasteiger partial charge in [-0.1, -0.05) is 6.07 Å². The van der Waals surface area contributed by atoms with Crippen LogP contribution >= 0.6 is 24.6 Å². The minimum atomic E-state index is -0.236. The molecule has 0 bridgehead atoms. The van der Waals surface area contributed by atoms with Crippen molar-refractivity contribution in [1.82, 2.24) is 0 Å². The monoisotopic (exact) mass is 256 g/mol. The van der Waals surface area contributed by atoms with Gasteiger partial charge in [-0.3, -0.25) is 12.9 Å². The number of ether oxygens (including phenoxy) is 1. The molecule has 0 aromatic heterocycles. The van der Waals surface area contributed by atoms with E-state index in [2.05, 4.69) is 31.3 Å². The number of methoxy groups -OCH3 is 1. The predicted molar refractivity (Wildman–Crippen MR) is 59.1 cm³/mol. The van der Waals surface area contributed by atoms with E-state index in [1.165, 1.54) is 8.59 Å². The summed E-state index contributed by atoms with van der Waals surface area (Å²) in [5.41, 5.74) is 0. The van der Waals surface area contributed by atoms with Gasteiger partial charge in [-0.15, -0.1) is 15.5 Å². The maximum atomic E-state index is 5.14. The van der Waals surface area contributed by atoms with Crippen LogP contribution in [-0.2, 0) is 0 Å². The second kappa shape index (κ2) is 5.37. The average molecular weight is 257 g/mol. The SMILES string of the molecule is COc1cc[c]([Mg][Br])c(SC)c1. The lowest BCUT2D eigenvalue weighted by Gasteiger charge is -2.06. The van der Waals surface area contributed by atoms with Crippen LogP contribution in [0.2, 0.25) is 0 Å². The Labute approximate surface area is 92.8 Å². The van der Waals surface area contributed by atoms with E-state index in [1.54, 1.807) is 18.9 Å². The van der Waals surface area contributed by atoms with Gasteiger partial charge in [-0.2, -0.15) is 0 Å². The molecule has 0 amide bonds. The van der Waals surface area contributed by atoms with Crippen molar-refractivity contribution in [3.63, 3.8) is 0 Å². The molecule has 12 heavy (non-hydrogen) atoms. The maximum absolute atomic E-state index is 5.14. The van der Waals surface area contributed by atoms with E-state index < -0.39 is 0 Å². The van der Waals surface area contributed by atoms with Crippen LogP contribution in [-0.4, -0.2) is 31.6 Å². The highest BCUT2D eigenvalue weighted by Gasteiger charge is 2.03. The van der Waals surface area contributed by atoms with Gasteiger partial charge < -0.3 is 4.74 Å². The fourth-order valence-electron chi connectivity index (χ4n) is 0.962. The first kappa shape index (κ1) is 10.7. The van der Waals surface area contributed by atoms with Crippen molar-refractivity contribution in [3.8, 4) is 5.75 Å². The number of halogens is 1. The molecule has 1 aromatic carbocycles. The molecule has 1 aromatic rings. The molecule has 62 valence electrons. The lowest BCUT2D eigenvalue weighted by molar-refractivity contribution is 0.414. The second-order valence-electron chi connectivity index (χ2n) is 2.31.